The van der Waals surface area contributed by atoms with E-state index in [4.69, 9.17) is 4.74 Å². The highest BCUT2D eigenvalue weighted by atomic mass is 79.9. The molecule has 2 N–H and O–H groups in total. The molecule has 8 nitrogen and oxygen atoms in total. The van der Waals surface area contributed by atoms with Crippen molar-refractivity contribution in [3.63, 3.8) is 0 Å². The Kier molecular flexibility index (Phi) is 9.02. The number of hydrogen-bond acceptors (Lipinski definition) is 6. The topological polar surface area (TPSA) is 111 Å². The molecule has 2 amide bonds. The maximum absolute atomic E-state index is 11.9. The minimum absolute atomic E-state index is 0.0141. The molecule has 0 aliphatic heterocycles. The number of methoxy groups -OCH3 is 1. The Morgan fingerprint density at radius 1 is 0.833 bits per heavy atom. The van der Waals surface area contributed by atoms with E-state index in [-0.39, 0.29) is 25.2 Å². The molecule has 0 bridgehead atoms. The zero-order chi connectivity index (χ0) is 21.9. The van der Waals surface area contributed by atoms with E-state index in [9.17, 15) is 19.2 Å². The van der Waals surface area contributed by atoms with Gasteiger partial charge < -0.3 is 20.1 Å². The van der Waals surface area contributed by atoms with Gasteiger partial charge in [0.1, 0.15) is 0 Å². The Bertz CT molecular complexity index is 897. The average Bonchev–Trinajstić information content (AvgIpc) is 2.74. The Balaban J connectivity index is 1.63. The third-order valence-electron chi connectivity index (χ3n) is 3.87. The van der Waals surface area contributed by atoms with Crippen LogP contribution in [-0.2, 0) is 23.9 Å². The van der Waals surface area contributed by atoms with Crippen LogP contribution in [0.4, 0.5) is 11.4 Å². The molecule has 158 valence electrons. The number of ether oxygens (including phenoxy) is 2. The number of amides is 2. The van der Waals surface area contributed by atoms with E-state index in [2.05, 4.69) is 31.3 Å². The van der Waals surface area contributed by atoms with Crippen LogP contribution in [0.2, 0.25) is 0 Å². The second-order valence-corrected chi connectivity index (χ2v) is 7.10. The van der Waals surface area contributed by atoms with Gasteiger partial charge in [0.15, 0.2) is 6.61 Å². The first-order valence-electron chi connectivity index (χ1n) is 9.06. The van der Waals surface area contributed by atoms with Crippen LogP contribution < -0.4 is 10.6 Å². The number of halogens is 1. The van der Waals surface area contributed by atoms with Crippen LogP contribution in [0.15, 0.2) is 53.0 Å². The van der Waals surface area contributed by atoms with Crippen molar-refractivity contribution in [2.45, 2.75) is 19.3 Å². The van der Waals surface area contributed by atoms with E-state index in [1.165, 1.54) is 19.2 Å². The Labute approximate surface area is 182 Å². The van der Waals surface area contributed by atoms with Crippen LogP contribution in [0, 0.1) is 0 Å². The van der Waals surface area contributed by atoms with Gasteiger partial charge in [-0.2, -0.15) is 0 Å². The molecule has 0 aromatic heterocycles. The monoisotopic (exact) mass is 476 g/mol. The van der Waals surface area contributed by atoms with Crippen molar-refractivity contribution in [1.29, 1.82) is 0 Å². The summed E-state index contributed by atoms with van der Waals surface area (Å²) in [5.41, 5.74) is 1.50. The number of nitrogens with one attached hydrogen (secondary N) is 2. The number of rotatable bonds is 9. The summed E-state index contributed by atoms with van der Waals surface area (Å²) in [4.78, 5) is 46.8. The van der Waals surface area contributed by atoms with Gasteiger partial charge in [-0.1, -0.05) is 15.9 Å². The highest BCUT2D eigenvalue weighted by Gasteiger charge is 2.10. The van der Waals surface area contributed by atoms with Crippen molar-refractivity contribution < 1.29 is 28.7 Å². The second kappa shape index (κ2) is 11.7. The molecular formula is C21H21BrN2O6. The van der Waals surface area contributed by atoms with Crippen molar-refractivity contribution in [3.8, 4) is 0 Å². The fourth-order valence-electron chi connectivity index (χ4n) is 2.37. The normalized spacial score (nSPS) is 10.1. The molecule has 30 heavy (non-hydrogen) atoms. The van der Waals surface area contributed by atoms with E-state index in [1.807, 2.05) is 0 Å². The van der Waals surface area contributed by atoms with Gasteiger partial charge >= 0.3 is 11.9 Å². The first kappa shape index (κ1) is 23.1. The number of carbonyl (C=O) groups excluding carboxylic acids is 4. The third kappa shape index (κ3) is 8.04. The van der Waals surface area contributed by atoms with Crippen molar-refractivity contribution in [2.24, 2.45) is 0 Å². The van der Waals surface area contributed by atoms with E-state index in [0.717, 1.165) is 4.47 Å². The molecule has 0 aliphatic rings. The summed E-state index contributed by atoms with van der Waals surface area (Å²) in [6.45, 7) is -0.395. The predicted octanol–water partition coefficient (Wildman–Crippen LogP) is 3.53. The van der Waals surface area contributed by atoms with E-state index >= 15 is 0 Å². The molecule has 2 aromatic carbocycles. The van der Waals surface area contributed by atoms with Gasteiger partial charge in [-0.15, -0.1) is 0 Å². The van der Waals surface area contributed by atoms with Gasteiger partial charge in [-0.05, 0) is 55.0 Å². The van der Waals surface area contributed by atoms with Crippen molar-refractivity contribution in [2.75, 3.05) is 24.4 Å². The van der Waals surface area contributed by atoms with Crippen molar-refractivity contribution >= 4 is 51.1 Å². The summed E-state index contributed by atoms with van der Waals surface area (Å²) in [5.74, 6) is -1.74. The summed E-state index contributed by atoms with van der Waals surface area (Å²) in [6, 6.07) is 13.2. The van der Waals surface area contributed by atoms with Crippen LogP contribution in [0.25, 0.3) is 0 Å². The minimum atomic E-state index is -0.559. The van der Waals surface area contributed by atoms with Crippen LogP contribution >= 0.6 is 15.9 Å². The van der Waals surface area contributed by atoms with Crippen LogP contribution in [0.3, 0.4) is 0 Å². The maximum Gasteiger partial charge on any atom is 0.337 e. The van der Waals surface area contributed by atoms with Gasteiger partial charge in [0.2, 0.25) is 5.91 Å². The lowest BCUT2D eigenvalue weighted by molar-refractivity contribution is -0.147. The lowest BCUT2D eigenvalue weighted by Crippen LogP contribution is -2.21. The molecule has 0 heterocycles. The maximum atomic E-state index is 11.9. The number of esters is 2. The Morgan fingerprint density at radius 3 is 2.00 bits per heavy atom. The predicted molar refractivity (Wildman–Crippen MR) is 114 cm³/mol. The van der Waals surface area contributed by atoms with Crippen molar-refractivity contribution in [1.82, 2.24) is 0 Å². The van der Waals surface area contributed by atoms with Gasteiger partial charge in [-0.3, -0.25) is 14.4 Å². The lowest BCUT2D eigenvalue weighted by Gasteiger charge is -2.07. The third-order valence-corrected chi connectivity index (χ3v) is 4.40. The Hall–Kier alpha value is -3.20. The van der Waals surface area contributed by atoms with Crippen LogP contribution in [-0.4, -0.2) is 37.5 Å². The molecule has 0 saturated carbocycles. The molecular weight excluding hydrogens is 456 g/mol. The summed E-state index contributed by atoms with van der Waals surface area (Å²) in [5, 5.41) is 5.28. The molecule has 2 rings (SSSR count). The fraction of sp³-hybridized carbons (Fsp3) is 0.238. The SMILES string of the molecule is COC(=O)c1ccc(NC(=O)CCCC(=O)OCC(=O)Nc2ccc(Br)cc2)cc1. The summed E-state index contributed by atoms with van der Waals surface area (Å²) in [7, 11) is 1.29. The van der Waals surface area contributed by atoms with Gasteiger partial charge in [-0.25, -0.2) is 4.79 Å². The summed E-state index contributed by atoms with van der Waals surface area (Å²) < 4.78 is 10.4. The standard InChI is InChI=1S/C21H21BrN2O6/c1-29-21(28)14-5-9-16(10-6-14)23-18(25)3-2-4-20(27)30-13-19(26)24-17-11-7-15(22)8-12-17/h5-12H,2-4,13H2,1H3,(H,23,25)(H,24,26). The largest absolute Gasteiger partial charge is 0.465 e. The lowest BCUT2D eigenvalue weighted by atomic mass is 10.2. The first-order chi connectivity index (χ1) is 14.4. The van der Waals surface area contributed by atoms with E-state index < -0.39 is 24.5 Å². The van der Waals surface area contributed by atoms with Gasteiger partial charge in [0.25, 0.3) is 5.91 Å². The summed E-state index contributed by atoms with van der Waals surface area (Å²) >= 11 is 3.30. The molecule has 9 heteroatoms. The van der Waals surface area contributed by atoms with Crippen molar-refractivity contribution in [3.05, 3.63) is 58.6 Å². The molecule has 0 spiro atoms. The molecule has 0 aliphatic carbocycles. The molecule has 0 unspecified atom stereocenters. The molecule has 0 atom stereocenters. The average molecular weight is 477 g/mol. The van der Waals surface area contributed by atoms with E-state index in [0.29, 0.717) is 16.9 Å². The zero-order valence-corrected chi connectivity index (χ0v) is 17.9. The van der Waals surface area contributed by atoms with Gasteiger partial charge in [0, 0.05) is 28.7 Å². The summed E-state index contributed by atoms with van der Waals surface area (Å²) in [6.07, 6.45) is 0.401. The smallest absolute Gasteiger partial charge is 0.337 e. The highest BCUT2D eigenvalue weighted by molar-refractivity contribution is 9.10. The highest BCUT2D eigenvalue weighted by Crippen LogP contribution is 2.14. The van der Waals surface area contributed by atoms with Crippen LogP contribution in [0.5, 0.6) is 0 Å². The van der Waals surface area contributed by atoms with Crippen LogP contribution in [0.1, 0.15) is 29.6 Å². The quantitative estimate of drug-likeness (QED) is 0.535. The van der Waals surface area contributed by atoms with E-state index in [1.54, 1.807) is 36.4 Å². The second-order valence-electron chi connectivity index (χ2n) is 6.19. The van der Waals surface area contributed by atoms with Gasteiger partial charge in [0.05, 0.1) is 12.7 Å². The number of anilines is 2. The number of hydrogen-bond donors (Lipinski definition) is 2. The molecule has 0 fully saturated rings. The minimum Gasteiger partial charge on any atom is -0.465 e. The molecule has 0 radical (unpaired) electrons. The molecule has 0 saturated heterocycles. The first-order valence-corrected chi connectivity index (χ1v) is 9.86. The molecule has 2 aromatic rings. The Morgan fingerprint density at radius 2 is 1.40 bits per heavy atom. The zero-order valence-electron chi connectivity index (χ0n) is 16.3. The number of carbonyl (C=O) groups is 4. The number of benzene rings is 2. The fourth-order valence-corrected chi connectivity index (χ4v) is 2.64.